The second-order valence-corrected chi connectivity index (χ2v) is 6.90. The summed E-state index contributed by atoms with van der Waals surface area (Å²) in [5.41, 5.74) is 0. The average Bonchev–Trinajstić information content (AvgIpc) is 2.77. The van der Waals surface area contributed by atoms with Crippen LogP contribution in [0.5, 0.6) is 0 Å². The third-order valence-electron chi connectivity index (χ3n) is 2.76. The van der Waals surface area contributed by atoms with E-state index in [2.05, 4.69) is 0 Å². The molecule has 0 aromatic carbocycles. The molecule has 3 nitrogen and oxygen atoms in total. The number of aliphatic hydroxyl groups excluding tert-OH is 1. The Morgan fingerprint density at radius 2 is 2.31 bits per heavy atom. The SMILES string of the molecule is CN(CCO)C(=O)CCCC[C@@H]1CCSS1. The quantitative estimate of drug-likeness (QED) is 0.564. The number of hydrogen-bond acceptors (Lipinski definition) is 4. The van der Waals surface area contributed by atoms with Crippen LogP contribution in [-0.2, 0) is 4.79 Å². The molecule has 94 valence electrons. The number of rotatable bonds is 7. The summed E-state index contributed by atoms with van der Waals surface area (Å²) in [7, 11) is 5.73. The van der Waals surface area contributed by atoms with Crippen molar-refractivity contribution in [1.29, 1.82) is 0 Å². The average molecular weight is 263 g/mol. The number of carbonyl (C=O) groups excluding carboxylic acids is 1. The molecule has 0 unspecified atom stereocenters. The maximum absolute atomic E-state index is 11.5. The van der Waals surface area contributed by atoms with Gasteiger partial charge in [0.05, 0.1) is 6.61 Å². The lowest BCUT2D eigenvalue weighted by atomic mass is 10.1. The van der Waals surface area contributed by atoms with Gasteiger partial charge in [0, 0.05) is 31.0 Å². The van der Waals surface area contributed by atoms with E-state index in [0.717, 1.165) is 18.1 Å². The Balaban J connectivity index is 1.99. The normalized spacial score (nSPS) is 20.0. The van der Waals surface area contributed by atoms with Crippen LogP contribution < -0.4 is 0 Å². The van der Waals surface area contributed by atoms with Crippen LogP contribution in [-0.4, -0.2) is 47.1 Å². The molecule has 0 spiro atoms. The highest BCUT2D eigenvalue weighted by Gasteiger charge is 2.16. The second-order valence-electron chi connectivity index (χ2n) is 4.11. The number of aliphatic hydroxyl groups is 1. The van der Waals surface area contributed by atoms with E-state index in [0.29, 0.717) is 13.0 Å². The van der Waals surface area contributed by atoms with E-state index in [-0.39, 0.29) is 12.5 Å². The molecule has 0 bridgehead atoms. The standard InChI is InChI=1S/C11H21NO2S2/c1-12(7-8-13)11(14)5-3-2-4-10-6-9-15-16-10/h10,13H,2-9H2,1H3/t10-/m1/s1. The van der Waals surface area contributed by atoms with E-state index < -0.39 is 0 Å². The zero-order chi connectivity index (χ0) is 11.8. The fourth-order valence-corrected chi connectivity index (χ4v) is 4.71. The molecular weight excluding hydrogens is 242 g/mol. The summed E-state index contributed by atoms with van der Waals surface area (Å²) < 4.78 is 0. The summed E-state index contributed by atoms with van der Waals surface area (Å²) >= 11 is 0. The molecule has 1 amide bonds. The Kier molecular flexibility index (Phi) is 7.32. The summed E-state index contributed by atoms with van der Waals surface area (Å²) in [6.07, 6.45) is 5.33. The van der Waals surface area contributed by atoms with Gasteiger partial charge in [0.2, 0.25) is 5.91 Å². The number of amides is 1. The number of unbranched alkanes of at least 4 members (excludes halogenated alkanes) is 1. The second kappa shape index (κ2) is 8.25. The number of carbonyl (C=O) groups is 1. The third kappa shape index (κ3) is 5.46. The Hall–Kier alpha value is 0.130. The highest BCUT2D eigenvalue weighted by Crippen LogP contribution is 2.39. The lowest BCUT2D eigenvalue weighted by molar-refractivity contribution is -0.130. The van der Waals surface area contributed by atoms with Crippen molar-refractivity contribution in [3.8, 4) is 0 Å². The first kappa shape index (κ1) is 14.2. The molecule has 0 aromatic rings. The summed E-state index contributed by atoms with van der Waals surface area (Å²) in [6, 6.07) is 0. The molecule has 1 saturated heterocycles. The van der Waals surface area contributed by atoms with Gasteiger partial charge in [-0.2, -0.15) is 0 Å². The van der Waals surface area contributed by atoms with E-state index in [4.69, 9.17) is 5.11 Å². The van der Waals surface area contributed by atoms with Crippen molar-refractivity contribution in [2.24, 2.45) is 0 Å². The minimum absolute atomic E-state index is 0.0537. The largest absolute Gasteiger partial charge is 0.395 e. The lowest BCUT2D eigenvalue weighted by Crippen LogP contribution is -2.29. The van der Waals surface area contributed by atoms with Gasteiger partial charge < -0.3 is 10.0 Å². The van der Waals surface area contributed by atoms with Crippen LogP contribution in [0.4, 0.5) is 0 Å². The van der Waals surface area contributed by atoms with Crippen LogP contribution in [0, 0.1) is 0 Å². The smallest absolute Gasteiger partial charge is 0.222 e. The van der Waals surface area contributed by atoms with Crippen LogP contribution in [0.15, 0.2) is 0 Å². The van der Waals surface area contributed by atoms with Gasteiger partial charge >= 0.3 is 0 Å². The van der Waals surface area contributed by atoms with Crippen molar-refractivity contribution in [2.45, 2.75) is 37.4 Å². The monoisotopic (exact) mass is 263 g/mol. The van der Waals surface area contributed by atoms with E-state index >= 15 is 0 Å². The summed E-state index contributed by atoms with van der Waals surface area (Å²) in [6.45, 7) is 0.506. The molecule has 0 aromatic heterocycles. The van der Waals surface area contributed by atoms with Crippen molar-refractivity contribution in [2.75, 3.05) is 26.0 Å². The number of likely N-dealkylation sites (N-methyl/N-ethyl adjacent to an activating group) is 1. The molecule has 16 heavy (non-hydrogen) atoms. The van der Waals surface area contributed by atoms with Crippen molar-refractivity contribution < 1.29 is 9.90 Å². The fraction of sp³-hybridized carbons (Fsp3) is 0.909. The van der Waals surface area contributed by atoms with Crippen molar-refractivity contribution in [1.82, 2.24) is 4.90 Å². The first-order chi connectivity index (χ1) is 7.74. The Labute approximate surface area is 106 Å². The van der Waals surface area contributed by atoms with E-state index in [1.165, 1.54) is 18.6 Å². The summed E-state index contributed by atoms with van der Waals surface area (Å²) in [5.74, 6) is 1.44. The molecular formula is C11H21NO2S2. The zero-order valence-electron chi connectivity index (χ0n) is 9.85. The molecule has 1 heterocycles. The van der Waals surface area contributed by atoms with Crippen molar-refractivity contribution in [3.63, 3.8) is 0 Å². The minimum Gasteiger partial charge on any atom is -0.395 e. The first-order valence-corrected chi connectivity index (χ1v) is 8.25. The molecule has 1 N–H and O–H groups in total. The Morgan fingerprint density at radius 1 is 1.50 bits per heavy atom. The molecule has 1 aliphatic rings. The Bertz CT molecular complexity index is 208. The van der Waals surface area contributed by atoms with Gasteiger partial charge in [-0.15, -0.1) is 0 Å². The van der Waals surface area contributed by atoms with Gasteiger partial charge in [-0.1, -0.05) is 28.0 Å². The number of nitrogens with zero attached hydrogens (tertiary/aromatic N) is 1. The molecule has 5 heteroatoms. The van der Waals surface area contributed by atoms with Gasteiger partial charge in [-0.05, 0) is 19.3 Å². The van der Waals surface area contributed by atoms with E-state index in [1.807, 2.05) is 21.6 Å². The molecule has 0 saturated carbocycles. The van der Waals surface area contributed by atoms with E-state index in [9.17, 15) is 4.79 Å². The van der Waals surface area contributed by atoms with Gasteiger partial charge in [0.25, 0.3) is 0 Å². The lowest BCUT2D eigenvalue weighted by Gasteiger charge is -2.15. The molecule has 0 radical (unpaired) electrons. The maximum Gasteiger partial charge on any atom is 0.222 e. The van der Waals surface area contributed by atoms with Gasteiger partial charge in [0.15, 0.2) is 0 Å². The maximum atomic E-state index is 11.5. The van der Waals surface area contributed by atoms with Crippen LogP contribution >= 0.6 is 21.6 Å². The van der Waals surface area contributed by atoms with Crippen LogP contribution in [0.1, 0.15) is 32.1 Å². The van der Waals surface area contributed by atoms with Gasteiger partial charge in [-0.3, -0.25) is 4.79 Å². The molecule has 1 atom stereocenters. The molecule has 0 aliphatic carbocycles. The van der Waals surface area contributed by atoms with Crippen molar-refractivity contribution >= 4 is 27.5 Å². The summed E-state index contributed by atoms with van der Waals surface area (Å²) in [5, 5.41) is 9.52. The fourth-order valence-electron chi connectivity index (χ4n) is 1.68. The topological polar surface area (TPSA) is 40.5 Å². The van der Waals surface area contributed by atoms with Crippen LogP contribution in [0.25, 0.3) is 0 Å². The zero-order valence-corrected chi connectivity index (χ0v) is 11.5. The minimum atomic E-state index is 0.0537. The third-order valence-corrected chi connectivity index (χ3v) is 5.76. The van der Waals surface area contributed by atoms with Crippen LogP contribution in [0.3, 0.4) is 0 Å². The Morgan fingerprint density at radius 3 is 2.94 bits per heavy atom. The molecule has 1 rings (SSSR count). The first-order valence-electron chi connectivity index (χ1n) is 5.87. The summed E-state index contributed by atoms with van der Waals surface area (Å²) in [4.78, 5) is 13.1. The van der Waals surface area contributed by atoms with Gasteiger partial charge in [0.1, 0.15) is 0 Å². The molecule has 1 fully saturated rings. The van der Waals surface area contributed by atoms with Gasteiger partial charge in [-0.25, -0.2) is 0 Å². The molecule has 1 aliphatic heterocycles. The van der Waals surface area contributed by atoms with Crippen LogP contribution in [0.2, 0.25) is 0 Å². The highest BCUT2D eigenvalue weighted by molar-refractivity contribution is 8.77. The predicted molar refractivity (Wildman–Crippen MR) is 71.6 cm³/mol. The highest BCUT2D eigenvalue weighted by atomic mass is 33.1. The van der Waals surface area contributed by atoms with Crippen molar-refractivity contribution in [3.05, 3.63) is 0 Å². The predicted octanol–water partition coefficient (Wildman–Crippen LogP) is 2.15. The van der Waals surface area contributed by atoms with E-state index in [1.54, 1.807) is 11.9 Å². The number of hydrogen-bond donors (Lipinski definition) is 1.